The second-order valence-electron chi connectivity index (χ2n) is 9.92. The van der Waals surface area contributed by atoms with E-state index in [1.165, 1.54) is 12.3 Å². The number of aromatic nitrogens is 3. The average Bonchev–Trinajstić information content (AvgIpc) is 3.23. The summed E-state index contributed by atoms with van der Waals surface area (Å²) in [5.41, 5.74) is 2.81. The number of amides is 1. The van der Waals surface area contributed by atoms with E-state index in [2.05, 4.69) is 15.3 Å². The van der Waals surface area contributed by atoms with E-state index in [9.17, 15) is 22.4 Å². The fourth-order valence-corrected chi connectivity index (χ4v) is 5.90. The number of imidazole rings is 1. The van der Waals surface area contributed by atoms with Gasteiger partial charge in [0.2, 0.25) is 0 Å². The molecule has 2 aromatic carbocycles. The van der Waals surface area contributed by atoms with E-state index in [4.69, 9.17) is 34.8 Å². The number of anilines is 1. The molecule has 41 heavy (non-hydrogen) atoms. The number of carbonyl (C=O) groups excluding carboxylic acids is 1. The summed E-state index contributed by atoms with van der Waals surface area (Å²) in [4.78, 5) is 22.5. The summed E-state index contributed by atoms with van der Waals surface area (Å²) in [6.07, 6.45) is -1.23. The van der Waals surface area contributed by atoms with Crippen LogP contribution >= 0.6 is 34.8 Å². The van der Waals surface area contributed by atoms with Gasteiger partial charge in [-0.05, 0) is 48.2 Å². The highest BCUT2D eigenvalue weighted by atomic mass is 35.5. The lowest BCUT2D eigenvalue weighted by atomic mass is 9.97. The number of fused-ring (bicyclic) bond motifs is 1. The smallest absolute Gasteiger partial charge is 0.370 e. The molecule has 1 N–H and O–H groups in total. The van der Waals surface area contributed by atoms with Crippen molar-refractivity contribution in [2.75, 3.05) is 18.0 Å². The van der Waals surface area contributed by atoms with Crippen LogP contribution in [0.4, 0.5) is 23.2 Å². The van der Waals surface area contributed by atoms with Gasteiger partial charge in [0.1, 0.15) is 5.82 Å². The van der Waals surface area contributed by atoms with Gasteiger partial charge in [0.05, 0.1) is 44.4 Å². The molecule has 0 bridgehead atoms. The van der Waals surface area contributed by atoms with Crippen LogP contribution in [0.3, 0.4) is 0 Å². The second kappa shape index (κ2) is 11.7. The normalized spacial score (nSPS) is 15.9. The number of nitrogens with zero attached hydrogens (tertiary/aromatic N) is 4. The number of halogens is 7. The molecule has 3 heterocycles. The highest BCUT2D eigenvalue weighted by molar-refractivity contribution is 6.36. The molecule has 13 heteroatoms. The molecule has 1 saturated heterocycles. The average molecular weight is 629 g/mol. The monoisotopic (exact) mass is 627 g/mol. The SMILES string of the molecule is Cn1c(Cc2c(Cl)ccc(CNC(=O)c3ccncc3F)c2Cl)nc2cc(Cl)c(N3CCCC(C(F)(F)F)C3)cc21. The molecule has 0 radical (unpaired) electrons. The highest BCUT2D eigenvalue weighted by Crippen LogP contribution is 2.39. The lowest BCUT2D eigenvalue weighted by molar-refractivity contribution is -0.175. The van der Waals surface area contributed by atoms with E-state index < -0.39 is 23.8 Å². The summed E-state index contributed by atoms with van der Waals surface area (Å²) >= 11 is 19.7. The molecule has 1 unspecified atom stereocenters. The minimum Gasteiger partial charge on any atom is -0.370 e. The number of benzene rings is 2. The first-order valence-electron chi connectivity index (χ1n) is 12.7. The Bertz CT molecular complexity index is 1620. The first-order chi connectivity index (χ1) is 19.4. The summed E-state index contributed by atoms with van der Waals surface area (Å²) in [5.74, 6) is -2.16. The third-order valence-corrected chi connectivity index (χ3v) is 8.45. The van der Waals surface area contributed by atoms with E-state index in [-0.39, 0.29) is 31.5 Å². The molecule has 0 spiro atoms. The molecule has 0 aliphatic carbocycles. The Hall–Kier alpha value is -3.08. The summed E-state index contributed by atoms with van der Waals surface area (Å²) < 4.78 is 55.9. The van der Waals surface area contributed by atoms with E-state index in [1.807, 2.05) is 4.57 Å². The maximum atomic E-state index is 13.9. The van der Waals surface area contributed by atoms with Crippen molar-refractivity contribution in [3.8, 4) is 0 Å². The second-order valence-corrected chi connectivity index (χ2v) is 11.1. The third-order valence-electron chi connectivity index (χ3n) is 7.32. The maximum Gasteiger partial charge on any atom is 0.393 e. The molecule has 1 atom stereocenters. The Morgan fingerprint density at radius 2 is 1.93 bits per heavy atom. The van der Waals surface area contributed by atoms with E-state index in [1.54, 1.807) is 36.2 Å². The zero-order valence-corrected chi connectivity index (χ0v) is 24.0. The minimum absolute atomic E-state index is 0.0276. The van der Waals surface area contributed by atoms with E-state index in [0.29, 0.717) is 61.7 Å². The first kappa shape index (κ1) is 29.4. The van der Waals surface area contributed by atoms with Crippen LogP contribution in [0, 0.1) is 11.7 Å². The fraction of sp³-hybridized carbons (Fsp3) is 0.321. The number of alkyl halides is 3. The van der Waals surface area contributed by atoms with Crippen LogP contribution in [0.15, 0.2) is 42.7 Å². The standard InChI is InChI=1S/C28H24Cl3F4N5O/c1-39-24-11-23(40-8-2-3-16(14-40)28(33,34)35)20(30)10-22(24)38-25(39)9-18-19(29)5-4-15(26(18)31)12-37-27(41)17-6-7-36-13-21(17)32/h4-7,10-11,13,16H,2-3,8-9,12,14H2,1H3,(H,37,41). The Morgan fingerprint density at radius 3 is 2.66 bits per heavy atom. The summed E-state index contributed by atoms with van der Waals surface area (Å²) in [6, 6.07) is 8.02. The molecule has 216 valence electrons. The molecule has 2 aromatic heterocycles. The highest BCUT2D eigenvalue weighted by Gasteiger charge is 2.42. The van der Waals surface area contributed by atoms with Crippen LogP contribution in [0.25, 0.3) is 11.0 Å². The quantitative estimate of drug-likeness (QED) is 0.227. The number of rotatable bonds is 6. The number of nitrogens with one attached hydrogen (secondary N) is 1. The zero-order valence-electron chi connectivity index (χ0n) is 21.7. The van der Waals surface area contributed by atoms with Gasteiger partial charge in [-0.25, -0.2) is 9.37 Å². The molecule has 1 aliphatic heterocycles. The molecule has 1 amide bonds. The van der Waals surface area contributed by atoms with Gasteiger partial charge >= 0.3 is 6.18 Å². The predicted octanol–water partition coefficient (Wildman–Crippen LogP) is 7.37. The van der Waals surface area contributed by atoms with Crippen LogP contribution in [-0.2, 0) is 20.0 Å². The number of carbonyl (C=O) groups is 1. The van der Waals surface area contributed by atoms with Crippen molar-refractivity contribution in [3.05, 3.63) is 86.1 Å². The van der Waals surface area contributed by atoms with Crippen molar-refractivity contribution < 1.29 is 22.4 Å². The van der Waals surface area contributed by atoms with Crippen LogP contribution in [-0.4, -0.2) is 39.7 Å². The van der Waals surface area contributed by atoms with Crippen LogP contribution in [0.5, 0.6) is 0 Å². The van der Waals surface area contributed by atoms with Gasteiger partial charge in [-0.3, -0.25) is 9.78 Å². The van der Waals surface area contributed by atoms with Crippen molar-refractivity contribution in [1.29, 1.82) is 0 Å². The van der Waals surface area contributed by atoms with Crippen LogP contribution < -0.4 is 10.2 Å². The summed E-state index contributed by atoms with van der Waals surface area (Å²) in [6.45, 7) is 0.354. The fourth-order valence-electron chi connectivity index (χ4n) is 5.05. The Kier molecular flexibility index (Phi) is 8.36. The predicted molar refractivity (Wildman–Crippen MR) is 151 cm³/mol. The van der Waals surface area contributed by atoms with Gasteiger partial charge < -0.3 is 14.8 Å². The van der Waals surface area contributed by atoms with Crippen molar-refractivity contribution in [3.63, 3.8) is 0 Å². The Labute approximate surface area is 248 Å². The number of hydrogen-bond acceptors (Lipinski definition) is 4. The molecule has 6 nitrogen and oxygen atoms in total. The van der Waals surface area contributed by atoms with Gasteiger partial charge in [0.15, 0.2) is 5.82 Å². The minimum atomic E-state index is -4.26. The van der Waals surface area contributed by atoms with Gasteiger partial charge in [-0.1, -0.05) is 40.9 Å². The largest absolute Gasteiger partial charge is 0.393 e. The first-order valence-corrected chi connectivity index (χ1v) is 13.9. The van der Waals surface area contributed by atoms with E-state index in [0.717, 1.165) is 6.20 Å². The van der Waals surface area contributed by atoms with Crippen LogP contribution in [0.1, 0.15) is 40.2 Å². The molecular weight excluding hydrogens is 605 g/mol. The molecule has 4 aromatic rings. The lowest BCUT2D eigenvalue weighted by Gasteiger charge is -2.35. The molecule has 1 aliphatic rings. The number of hydrogen-bond donors (Lipinski definition) is 1. The number of pyridine rings is 1. The topological polar surface area (TPSA) is 63.1 Å². The van der Waals surface area contributed by atoms with Gasteiger partial charge in [-0.2, -0.15) is 13.2 Å². The molecule has 0 saturated carbocycles. The van der Waals surface area contributed by atoms with Crippen LogP contribution in [0.2, 0.25) is 15.1 Å². The summed E-state index contributed by atoms with van der Waals surface area (Å²) in [5, 5.41) is 3.69. The Morgan fingerprint density at radius 1 is 1.15 bits per heavy atom. The third kappa shape index (κ3) is 6.10. The van der Waals surface area contributed by atoms with Gasteiger partial charge in [0, 0.05) is 44.3 Å². The van der Waals surface area contributed by atoms with Crippen molar-refractivity contribution in [2.24, 2.45) is 13.0 Å². The van der Waals surface area contributed by atoms with E-state index >= 15 is 0 Å². The van der Waals surface area contributed by atoms with Gasteiger partial charge in [0.25, 0.3) is 5.91 Å². The van der Waals surface area contributed by atoms with Crippen molar-refractivity contribution >= 4 is 57.4 Å². The Balaban J connectivity index is 1.39. The van der Waals surface area contributed by atoms with Crippen molar-refractivity contribution in [2.45, 2.75) is 32.0 Å². The van der Waals surface area contributed by atoms with Gasteiger partial charge in [-0.15, -0.1) is 0 Å². The van der Waals surface area contributed by atoms with Crippen molar-refractivity contribution in [1.82, 2.24) is 19.9 Å². The molecule has 1 fully saturated rings. The lowest BCUT2D eigenvalue weighted by Crippen LogP contribution is -2.41. The number of aryl methyl sites for hydroxylation is 1. The maximum absolute atomic E-state index is 13.9. The molecular formula is C28H24Cl3F4N5O. The zero-order chi connectivity index (χ0) is 29.5. The molecule has 5 rings (SSSR count). The summed E-state index contributed by atoms with van der Waals surface area (Å²) in [7, 11) is 1.80. The number of piperidine rings is 1.